The van der Waals surface area contributed by atoms with Crippen LogP contribution in [0.2, 0.25) is 0 Å². The first kappa shape index (κ1) is 13.6. The predicted molar refractivity (Wildman–Crippen MR) is 83.0 cm³/mol. The Labute approximate surface area is 125 Å². The number of nitriles is 1. The first-order chi connectivity index (χ1) is 9.11. The third kappa shape index (κ3) is 3.12. The van der Waals surface area contributed by atoms with Crippen molar-refractivity contribution >= 4 is 34.2 Å². The number of amides is 1. The summed E-state index contributed by atoms with van der Waals surface area (Å²) >= 11 is 2.18. The fraction of sp³-hybridized carbons (Fsp3) is 0.0667. The largest absolute Gasteiger partial charge is 0.321 e. The molecule has 4 heteroatoms. The van der Waals surface area contributed by atoms with Gasteiger partial charge in [-0.2, -0.15) is 5.26 Å². The molecule has 0 bridgehead atoms. The van der Waals surface area contributed by atoms with Gasteiger partial charge in [-0.05, 0) is 65.4 Å². The van der Waals surface area contributed by atoms with E-state index < -0.39 is 0 Å². The van der Waals surface area contributed by atoms with Crippen LogP contribution in [0, 0.1) is 21.8 Å². The quantitative estimate of drug-likeness (QED) is 0.828. The molecule has 0 unspecified atom stereocenters. The van der Waals surface area contributed by atoms with Gasteiger partial charge >= 0.3 is 0 Å². The lowest BCUT2D eigenvalue weighted by Gasteiger charge is -2.08. The molecule has 3 nitrogen and oxygen atoms in total. The van der Waals surface area contributed by atoms with Crippen molar-refractivity contribution in [2.24, 2.45) is 0 Å². The molecule has 0 spiro atoms. The Hall–Kier alpha value is -1.87. The normalized spacial score (nSPS) is 9.74. The molecule has 2 aromatic carbocycles. The summed E-state index contributed by atoms with van der Waals surface area (Å²) in [6, 6.07) is 14.8. The Morgan fingerprint density at radius 3 is 2.53 bits per heavy atom. The van der Waals surface area contributed by atoms with E-state index in [1.807, 2.05) is 31.2 Å². The average molecular weight is 362 g/mol. The second kappa shape index (κ2) is 5.85. The first-order valence-electron chi connectivity index (χ1n) is 5.68. The molecule has 1 amide bonds. The summed E-state index contributed by atoms with van der Waals surface area (Å²) in [7, 11) is 0. The summed E-state index contributed by atoms with van der Waals surface area (Å²) in [6.07, 6.45) is 0. The van der Waals surface area contributed by atoms with Crippen LogP contribution in [0.4, 0.5) is 5.69 Å². The Morgan fingerprint density at radius 1 is 1.21 bits per heavy atom. The number of carbonyl (C=O) groups is 1. The lowest BCUT2D eigenvalue weighted by atomic mass is 10.1. The molecule has 2 aromatic rings. The van der Waals surface area contributed by atoms with Gasteiger partial charge < -0.3 is 5.32 Å². The van der Waals surface area contributed by atoms with E-state index in [4.69, 9.17) is 5.26 Å². The number of anilines is 1. The van der Waals surface area contributed by atoms with Gasteiger partial charge in [0.1, 0.15) is 6.07 Å². The number of carbonyl (C=O) groups excluding carboxylic acids is 1. The maximum atomic E-state index is 12.1. The van der Waals surface area contributed by atoms with Gasteiger partial charge in [-0.15, -0.1) is 0 Å². The van der Waals surface area contributed by atoms with Gasteiger partial charge in [0.15, 0.2) is 0 Å². The summed E-state index contributed by atoms with van der Waals surface area (Å²) in [6.45, 7) is 1.85. The highest BCUT2D eigenvalue weighted by Gasteiger charge is 2.10. The van der Waals surface area contributed by atoms with Crippen LogP contribution in [0.1, 0.15) is 21.5 Å². The fourth-order valence-corrected chi connectivity index (χ4v) is 2.08. The Kier molecular flexibility index (Phi) is 4.17. The zero-order valence-corrected chi connectivity index (χ0v) is 12.4. The highest BCUT2D eigenvalue weighted by molar-refractivity contribution is 14.1. The van der Waals surface area contributed by atoms with Crippen LogP contribution in [0.25, 0.3) is 0 Å². The molecule has 0 aliphatic carbocycles. The summed E-state index contributed by atoms with van der Waals surface area (Å²) in [5, 5.41) is 11.9. The van der Waals surface area contributed by atoms with E-state index in [1.165, 1.54) is 0 Å². The molecular formula is C15H11IN2O. The summed E-state index contributed by atoms with van der Waals surface area (Å²) in [4.78, 5) is 12.1. The van der Waals surface area contributed by atoms with Gasteiger partial charge in [-0.3, -0.25) is 4.79 Å². The van der Waals surface area contributed by atoms with Gasteiger partial charge in [0.05, 0.1) is 11.3 Å². The van der Waals surface area contributed by atoms with Crippen molar-refractivity contribution < 1.29 is 4.79 Å². The molecule has 94 valence electrons. The van der Waals surface area contributed by atoms with Crippen LogP contribution in [-0.2, 0) is 0 Å². The molecule has 0 saturated heterocycles. The van der Waals surface area contributed by atoms with Crippen molar-refractivity contribution in [2.45, 2.75) is 6.92 Å². The van der Waals surface area contributed by atoms with Crippen molar-refractivity contribution in [3.63, 3.8) is 0 Å². The Balaban J connectivity index is 2.27. The first-order valence-corrected chi connectivity index (χ1v) is 6.76. The van der Waals surface area contributed by atoms with Crippen molar-refractivity contribution in [1.82, 2.24) is 0 Å². The molecule has 19 heavy (non-hydrogen) atoms. The van der Waals surface area contributed by atoms with Crippen LogP contribution in [0.15, 0.2) is 42.5 Å². The zero-order valence-electron chi connectivity index (χ0n) is 10.3. The fourth-order valence-electron chi connectivity index (χ4n) is 1.72. The lowest BCUT2D eigenvalue weighted by Crippen LogP contribution is -2.13. The summed E-state index contributed by atoms with van der Waals surface area (Å²) < 4.78 is 1.07. The number of rotatable bonds is 2. The predicted octanol–water partition coefficient (Wildman–Crippen LogP) is 3.72. The molecular weight excluding hydrogens is 351 g/mol. The third-order valence-corrected chi connectivity index (χ3v) is 3.46. The number of hydrogen-bond acceptors (Lipinski definition) is 2. The maximum absolute atomic E-state index is 12.1. The van der Waals surface area contributed by atoms with Crippen LogP contribution in [0.5, 0.6) is 0 Å². The second-order valence-electron chi connectivity index (χ2n) is 4.07. The maximum Gasteiger partial charge on any atom is 0.255 e. The molecule has 0 radical (unpaired) electrons. The number of hydrogen-bond donors (Lipinski definition) is 1. The van der Waals surface area contributed by atoms with Gasteiger partial charge in [-0.25, -0.2) is 0 Å². The van der Waals surface area contributed by atoms with Crippen LogP contribution >= 0.6 is 22.6 Å². The number of nitrogens with zero attached hydrogens (tertiary/aromatic N) is 1. The van der Waals surface area contributed by atoms with E-state index in [-0.39, 0.29) is 5.91 Å². The van der Waals surface area contributed by atoms with E-state index in [2.05, 4.69) is 34.0 Å². The molecule has 0 aliphatic heterocycles. The van der Waals surface area contributed by atoms with Crippen LogP contribution in [0.3, 0.4) is 0 Å². The van der Waals surface area contributed by atoms with Crippen molar-refractivity contribution in [1.29, 1.82) is 5.26 Å². The molecule has 0 aromatic heterocycles. The van der Waals surface area contributed by atoms with Crippen LogP contribution < -0.4 is 5.32 Å². The standard InChI is InChI=1S/C15H11IN2O/c1-10-3-2-4-14(13(10)9-17)18-15(19)11-5-7-12(16)8-6-11/h2-8H,1H3,(H,18,19). The average Bonchev–Trinajstić information content (AvgIpc) is 2.39. The molecule has 0 aliphatic rings. The highest BCUT2D eigenvalue weighted by atomic mass is 127. The summed E-state index contributed by atoms with van der Waals surface area (Å²) in [5.41, 5.74) is 2.47. The van der Waals surface area contributed by atoms with Gasteiger partial charge in [0.2, 0.25) is 0 Å². The van der Waals surface area contributed by atoms with Crippen molar-refractivity contribution in [2.75, 3.05) is 5.32 Å². The van der Waals surface area contributed by atoms with E-state index >= 15 is 0 Å². The number of nitrogens with one attached hydrogen (secondary N) is 1. The van der Waals surface area contributed by atoms with Crippen molar-refractivity contribution in [3.8, 4) is 6.07 Å². The van der Waals surface area contributed by atoms with E-state index in [0.29, 0.717) is 16.8 Å². The Bertz CT molecular complexity index is 657. The molecule has 0 atom stereocenters. The smallest absolute Gasteiger partial charge is 0.255 e. The molecule has 0 saturated carbocycles. The molecule has 1 N–H and O–H groups in total. The SMILES string of the molecule is Cc1cccc(NC(=O)c2ccc(I)cc2)c1C#N. The van der Waals surface area contributed by atoms with E-state index in [1.54, 1.807) is 18.2 Å². The van der Waals surface area contributed by atoms with Gasteiger partial charge in [0, 0.05) is 9.13 Å². The minimum absolute atomic E-state index is 0.210. The minimum atomic E-state index is -0.210. The van der Waals surface area contributed by atoms with E-state index in [9.17, 15) is 4.79 Å². The van der Waals surface area contributed by atoms with E-state index in [0.717, 1.165) is 9.13 Å². The minimum Gasteiger partial charge on any atom is -0.321 e. The second-order valence-corrected chi connectivity index (χ2v) is 5.32. The highest BCUT2D eigenvalue weighted by Crippen LogP contribution is 2.19. The molecule has 0 fully saturated rings. The molecule has 2 rings (SSSR count). The third-order valence-electron chi connectivity index (χ3n) is 2.74. The van der Waals surface area contributed by atoms with Crippen molar-refractivity contribution in [3.05, 3.63) is 62.7 Å². The Morgan fingerprint density at radius 2 is 1.89 bits per heavy atom. The van der Waals surface area contributed by atoms with Gasteiger partial charge in [-0.1, -0.05) is 12.1 Å². The zero-order chi connectivity index (χ0) is 13.8. The number of halogens is 1. The van der Waals surface area contributed by atoms with Gasteiger partial charge in [0.25, 0.3) is 5.91 Å². The monoisotopic (exact) mass is 362 g/mol. The molecule has 0 heterocycles. The number of aryl methyl sites for hydroxylation is 1. The van der Waals surface area contributed by atoms with Crippen LogP contribution in [-0.4, -0.2) is 5.91 Å². The number of benzene rings is 2. The topological polar surface area (TPSA) is 52.9 Å². The summed E-state index contributed by atoms with van der Waals surface area (Å²) in [5.74, 6) is -0.210. The lowest BCUT2D eigenvalue weighted by molar-refractivity contribution is 0.102.